The van der Waals surface area contributed by atoms with Gasteiger partial charge in [0.1, 0.15) is 0 Å². The molecule has 0 bridgehead atoms. The zero-order chi connectivity index (χ0) is 16.5. The lowest BCUT2D eigenvalue weighted by atomic mass is 10.1. The largest absolute Gasteiger partial charge is 0.440 e. The van der Waals surface area contributed by atoms with Gasteiger partial charge in [-0.3, -0.25) is 4.79 Å². The molecule has 0 spiro atoms. The summed E-state index contributed by atoms with van der Waals surface area (Å²) in [4.78, 5) is 16.6. The molecule has 24 heavy (non-hydrogen) atoms. The normalized spacial score (nSPS) is 13.7. The van der Waals surface area contributed by atoms with Gasteiger partial charge >= 0.3 is 0 Å². The van der Waals surface area contributed by atoms with Gasteiger partial charge in [-0.2, -0.15) is 0 Å². The summed E-state index contributed by atoms with van der Waals surface area (Å²) in [7, 11) is 0. The number of amides is 1. The van der Waals surface area contributed by atoms with Crippen LogP contribution in [0, 0.1) is 6.92 Å². The molecule has 0 aliphatic heterocycles. The molecule has 1 saturated carbocycles. The van der Waals surface area contributed by atoms with Crippen molar-refractivity contribution < 1.29 is 9.21 Å². The van der Waals surface area contributed by atoms with Crippen LogP contribution < -0.4 is 5.32 Å². The molecule has 1 fully saturated rings. The van der Waals surface area contributed by atoms with Crippen LogP contribution in [0.2, 0.25) is 0 Å². The molecule has 1 aliphatic rings. The van der Waals surface area contributed by atoms with Crippen molar-refractivity contribution in [3.63, 3.8) is 0 Å². The van der Waals surface area contributed by atoms with E-state index in [0.717, 1.165) is 28.5 Å². The summed E-state index contributed by atoms with van der Waals surface area (Å²) in [6.07, 6.45) is 4.11. The first-order valence-corrected chi connectivity index (χ1v) is 8.13. The second-order valence-electron chi connectivity index (χ2n) is 6.24. The predicted molar refractivity (Wildman–Crippen MR) is 93.0 cm³/mol. The van der Waals surface area contributed by atoms with Crippen molar-refractivity contribution >= 4 is 11.6 Å². The Morgan fingerprint density at radius 2 is 1.96 bits per heavy atom. The fourth-order valence-electron chi connectivity index (χ4n) is 2.65. The van der Waals surface area contributed by atoms with Gasteiger partial charge in [-0.05, 0) is 56.2 Å². The quantitative estimate of drug-likeness (QED) is 0.753. The Morgan fingerprint density at radius 1 is 1.17 bits per heavy atom. The number of hydrogen-bond donors (Lipinski definition) is 1. The Hall–Kier alpha value is -2.88. The van der Waals surface area contributed by atoms with Gasteiger partial charge in [0, 0.05) is 22.7 Å². The molecule has 4 heteroatoms. The number of anilines is 1. The van der Waals surface area contributed by atoms with Crippen LogP contribution in [-0.2, 0) is 0 Å². The predicted octanol–water partition coefficient (Wildman–Crippen LogP) is 4.78. The zero-order valence-corrected chi connectivity index (χ0v) is 13.5. The van der Waals surface area contributed by atoms with E-state index in [9.17, 15) is 4.79 Å². The van der Waals surface area contributed by atoms with E-state index in [1.54, 1.807) is 6.20 Å². The van der Waals surface area contributed by atoms with E-state index in [1.807, 2.05) is 55.5 Å². The van der Waals surface area contributed by atoms with Gasteiger partial charge < -0.3 is 9.73 Å². The summed E-state index contributed by atoms with van der Waals surface area (Å²) >= 11 is 0. The summed E-state index contributed by atoms with van der Waals surface area (Å²) in [5.74, 6) is 2.00. The molecule has 1 N–H and O–H groups in total. The van der Waals surface area contributed by atoms with Crippen molar-refractivity contribution in [3.8, 4) is 11.3 Å². The van der Waals surface area contributed by atoms with Gasteiger partial charge in [0.05, 0.1) is 6.20 Å². The maximum atomic E-state index is 12.3. The van der Waals surface area contributed by atoms with Crippen LogP contribution in [0.5, 0.6) is 0 Å². The van der Waals surface area contributed by atoms with Crippen LogP contribution >= 0.6 is 0 Å². The van der Waals surface area contributed by atoms with Crippen molar-refractivity contribution in [1.29, 1.82) is 0 Å². The van der Waals surface area contributed by atoms with E-state index in [-0.39, 0.29) is 5.91 Å². The molecule has 0 radical (unpaired) electrons. The van der Waals surface area contributed by atoms with Crippen LogP contribution in [0.3, 0.4) is 0 Å². The van der Waals surface area contributed by atoms with Crippen LogP contribution in [0.15, 0.2) is 59.1 Å². The molecule has 0 unspecified atom stereocenters. The molecule has 4 rings (SSSR count). The molecular formula is C20H18N2O2. The van der Waals surface area contributed by atoms with Crippen LogP contribution in [0.25, 0.3) is 11.3 Å². The van der Waals surface area contributed by atoms with E-state index in [2.05, 4.69) is 10.3 Å². The standard InChI is InChI=1S/C20H18N2O2/c1-13-3-2-4-16(11-13)19(23)22-17-9-7-14(8-10-17)18-12-21-20(24-18)15-5-6-15/h2-4,7-12,15H,5-6H2,1H3,(H,22,23). The summed E-state index contributed by atoms with van der Waals surface area (Å²) < 4.78 is 5.80. The van der Waals surface area contributed by atoms with E-state index in [4.69, 9.17) is 4.42 Å². The van der Waals surface area contributed by atoms with Crippen LogP contribution in [0.4, 0.5) is 5.69 Å². The minimum atomic E-state index is -0.109. The number of nitrogens with one attached hydrogen (secondary N) is 1. The molecule has 0 saturated heterocycles. The second-order valence-corrected chi connectivity index (χ2v) is 6.24. The Balaban J connectivity index is 1.47. The average molecular weight is 318 g/mol. The molecule has 1 heterocycles. The lowest BCUT2D eigenvalue weighted by molar-refractivity contribution is 0.102. The molecule has 1 aliphatic carbocycles. The van der Waals surface area contributed by atoms with Crippen LogP contribution in [-0.4, -0.2) is 10.9 Å². The third-order valence-electron chi connectivity index (χ3n) is 4.16. The fraction of sp³-hybridized carbons (Fsp3) is 0.200. The Kier molecular flexibility index (Phi) is 3.65. The second kappa shape index (κ2) is 5.96. The summed E-state index contributed by atoms with van der Waals surface area (Å²) in [6.45, 7) is 1.97. The molecule has 1 aromatic heterocycles. The number of carbonyl (C=O) groups excluding carboxylic acids is 1. The van der Waals surface area contributed by atoms with Gasteiger partial charge in [-0.25, -0.2) is 4.98 Å². The highest BCUT2D eigenvalue weighted by Gasteiger charge is 2.28. The molecule has 0 atom stereocenters. The van der Waals surface area contributed by atoms with Crippen molar-refractivity contribution in [2.75, 3.05) is 5.32 Å². The average Bonchev–Trinajstić information content (AvgIpc) is 3.33. The highest BCUT2D eigenvalue weighted by atomic mass is 16.4. The van der Waals surface area contributed by atoms with E-state index < -0.39 is 0 Å². The molecule has 1 amide bonds. The van der Waals surface area contributed by atoms with Gasteiger partial charge in [0.25, 0.3) is 5.91 Å². The summed E-state index contributed by atoms with van der Waals surface area (Å²) in [5.41, 5.74) is 3.44. The number of aryl methyl sites for hydroxylation is 1. The summed E-state index contributed by atoms with van der Waals surface area (Å²) in [5, 5.41) is 2.91. The number of hydrogen-bond acceptors (Lipinski definition) is 3. The van der Waals surface area contributed by atoms with Gasteiger partial charge in [-0.1, -0.05) is 17.7 Å². The minimum absolute atomic E-state index is 0.109. The van der Waals surface area contributed by atoms with Crippen molar-refractivity contribution in [2.45, 2.75) is 25.7 Å². The molecular weight excluding hydrogens is 300 g/mol. The number of benzene rings is 2. The number of carbonyl (C=O) groups is 1. The smallest absolute Gasteiger partial charge is 0.255 e. The van der Waals surface area contributed by atoms with Gasteiger partial charge in [-0.15, -0.1) is 0 Å². The third-order valence-corrected chi connectivity index (χ3v) is 4.16. The number of oxazole rings is 1. The molecule has 4 nitrogen and oxygen atoms in total. The minimum Gasteiger partial charge on any atom is -0.440 e. The van der Waals surface area contributed by atoms with E-state index in [0.29, 0.717) is 11.5 Å². The molecule has 2 aromatic carbocycles. The topological polar surface area (TPSA) is 55.1 Å². The lowest BCUT2D eigenvalue weighted by Crippen LogP contribution is -2.11. The number of aromatic nitrogens is 1. The van der Waals surface area contributed by atoms with Crippen molar-refractivity contribution in [3.05, 3.63) is 71.7 Å². The maximum absolute atomic E-state index is 12.3. The number of nitrogens with zero attached hydrogens (tertiary/aromatic N) is 1. The SMILES string of the molecule is Cc1cccc(C(=O)Nc2ccc(-c3cnc(C4CC4)o3)cc2)c1. The Bertz CT molecular complexity index is 877. The Morgan fingerprint density at radius 3 is 2.67 bits per heavy atom. The monoisotopic (exact) mass is 318 g/mol. The molecule has 120 valence electrons. The van der Waals surface area contributed by atoms with Crippen molar-refractivity contribution in [1.82, 2.24) is 4.98 Å². The number of rotatable bonds is 4. The maximum Gasteiger partial charge on any atom is 0.255 e. The summed E-state index contributed by atoms with van der Waals surface area (Å²) in [6, 6.07) is 15.2. The zero-order valence-electron chi connectivity index (χ0n) is 13.5. The first kappa shape index (κ1) is 14.7. The lowest BCUT2D eigenvalue weighted by Gasteiger charge is -2.06. The van der Waals surface area contributed by atoms with Gasteiger partial charge in [0.15, 0.2) is 11.7 Å². The van der Waals surface area contributed by atoms with Crippen LogP contribution in [0.1, 0.15) is 40.6 Å². The van der Waals surface area contributed by atoms with Gasteiger partial charge in [0.2, 0.25) is 0 Å². The van der Waals surface area contributed by atoms with E-state index >= 15 is 0 Å². The van der Waals surface area contributed by atoms with Crippen molar-refractivity contribution in [2.24, 2.45) is 0 Å². The fourth-order valence-corrected chi connectivity index (χ4v) is 2.65. The van der Waals surface area contributed by atoms with E-state index in [1.165, 1.54) is 12.8 Å². The first-order chi connectivity index (χ1) is 11.7. The highest BCUT2D eigenvalue weighted by Crippen LogP contribution is 2.40. The highest BCUT2D eigenvalue weighted by molar-refractivity contribution is 6.04. The molecule has 3 aromatic rings. The Labute approximate surface area is 140 Å². The third kappa shape index (κ3) is 3.08. The first-order valence-electron chi connectivity index (χ1n) is 8.13.